The largest absolute Gasteiger partial charge is 0.418 e. The summed E-state index contributed by atoms with van der Waals surface area (Å²) in [6.07, 6.45) is -3.29. The van der Waals surface area contributed by atoms with Gasteiger partial charge in [-0.1, -0.05) is 12.1 Å². The van der Waals surface area contributed by atoms with Crippen LogP contribution in [0.15, 0.2) is 47.4 Å². The quantitative estimate of drug-likeness (QED) is 0.849. The topological polar surface area (TPSA) is 48.0 Å². The molecular weight excluding hydrogens is 245 g/mol. The van der Waals surface area contributed by atoms with Crippen LogP contribution in [0, 0.1) is 0 Å². The van der Waals surface area contributed by atoms with Crippen molar-refractivity contribution in [3.8, 4) is 5.69 Å². The first-order valence-corrected chi connectivity index (χ1v) is 5.04. The van der Waals surface area contributed by atoms with Crippen LogP contribution in [0.5, 0.6) is 0 Å². The first kappa shape index (κ1) is 12.2. The van der Waals surface area contributed by atoms with Gasteiger partial charge in [0.2, 0.25) is 0 Å². The summed E-state index contributed by atoms with van der Waals surface area (Å²) in [5.74, 6) is 0. The van der Waals surface area contributed by atoms with Crippen molar-refractivity contribution in [3.05, 3.63) is 58.5 Å². The van der Waals surface area contributed by atoms with E-state index in [2.05, 4.69) is 0 Å². The molecule has 0 saturated carbocycles. The first-order valence-electron chi connectivity index (χ1n) is 5.04. The molecule has 0 atom stereocenters. The second-order valence-electron chi connectivity index (χ2n) is 3.68. The number of nitrogen functional groups attached to an aromatic ring is 1. The van der Waals surface area contributed by atoms with Gasteiger partial charge in [0.25, 0.3) is 5.56 Å². The van der Waals surface area contributed by atoms with Crippen LogP contribution < -0.4 is 11.3 Å². The predicted octanol–water partition coefficient (Wildman–Crippen LogP) is 2.44. The number of anilines is 1. The van der Waals surface area contributed by atoms with Gasteiger partial charge in [0.15, 0.2) is 0 Å². The summed E-state index contributed by atoms with van der Waals surface area (Å²) in [5, 5.41) is 0. The lowest BCUT2D eigenvalue weighted by atomic mass is 10.1. The van der Waals surface area contributed by atoms with E-state index in [1.807, 2.05) is 0 Å². The zero-order chi connectivity index (χ0) is 13.3. The van der Waals surface area contributed by atoms with Gasteiger partial charge in [0, 0.05) is 18.0 Å². The summed E-state index contributed by atoms with van der Waals surface area (Å²) < 4.78 is 39.3. The number of hydrogen-bond donors (Lipinski definition) is 1. The summed E-state index contributed by atoms with van der Waals surface area (Å²) in [4.78, 5) is 11.6. The van der Waals surface area contributed by atoms with Crippen molar-refractivity contribution in [2.45, 2.75) is 6.18 Å². The highest BCUT2D eigenvalue weighted by molar-refractivity contribution is 5.45. The molecule has 0 unspecified atom stereocenters. The van der Waals surface area contributed by atoms with Gasteiger partial charge >= 0.3 is 6.18 Å². The van der Waals surface area contributed by atoms with E-state index in [4.69, 9.17) is 5.73 Å². The predicted molar refractivity (Wildman–Crippen MR) is 61.5 cm³/mol. The van der Waals surface area contributed by atoms with E-state index in [9.17, 15) is 18.0 Å². The summed E-state index contributed by atoms with van der Waals surface area (Å²) in [5.41, 5.74) is 3.92. The summed E-state index contributed by atoms with van der Waals surface area (Å²) in [6, 6.07) is 7.32. The van der Waals surface area contributed by atoms with Gasteiger partial charge in [-0.3, -0.25) is 9.36 Å². The molecule has 2 N–H and O–H groups in total. The third-order valence-electron chi connectivity index (χ3n) is 2.41. The third kappa shape index (κ3) is 2.22. The Labute approximate surface area is 100 Å². The molecule has 0 saturated heterocycles. The maximum absolute atomic E-state index is 12.8. The molecule has 94 valence electrons. The van der Waals surface area contributed by atoms with Crippen LogP contribution in [-0.2, 0) is 6.18 Å². The normalized spacial score (nSPS) is 11.5. The van der Waals surface area contributed by atoms with E-state index in [1.54, 1.807) is 0 Å². The number of alkyl halides is 3. The van der Waals surface area contributed by atoms with Gasteiger partial charge in [0.1, 0.15) is 0 Å². The molecule has 3 nitrogen and oxygen atoms in total. The lowest BCUT2D eigenvalue weighted by Gasteiger charge is -2.14. The highest BCUT2D eigenvalue weighted by Gasteiger charge is 2.33. The van der Waals surface area contributed by atoms with Crippen molar-refractivity contribution in [2.75, 3.05) is 5.73 Å². The second-order valence-corrected chi connectivity index (χ2v) is 3.68. The molecule has 0 aliphatic rings. The number of rotatable bonds is 1. The van der Waals surface area contributed by atoms with E-state index in [0.29, 0.717) is 0 Å². The maximum atomic E-state index is 12.8. The molecule has 1 aromatic heterocycles. The zero-order valence-corrected chi connectivity index (χ0v) is 9.11. The number of benzene rings is 1. The van der Waals surface area contributed by atoms with E-state index in [-0.39, 0.29) is 11.4 Å². The van der Waals surface area contributed by atoms with Crippen LogP contribution in [0.3, 0.4) is 0 Å². The van der Waals surface area contributed by atoms with Crippen molar-refractivity contribution >= 4 is 5.69 Å². The molecule has 0 aliphatic heterocycles. The second kappa shape index (κ2) is 4.21. The average molecular weight is 254 g/mol. The lowest BCUT2D eigenvalue weighted by Crippen LogP contribution is -2.20. The molecular formula is C12H9F3N2O. The summed E-state index contributed by atoms with van der Waals surface area (Å²) in [6.45, 7) is 0. The number of halogens is 3. The Hall–Kier alpha value is -2.24. The average Bonchev–Trinajstić information content (AvgIpc) is 2.28. The number of para-hydroxylation sites is 1. The van der Waals surface area contributed by atoms with Crippen molar-refractivity contribution in [1.82, 2.24) is 4.57 Å². The molecule has 0 radical (unpaired) electrons. The Bertz CT molecular complexity index is 632. The maximum Gasteiger partial charge on any atom is 0.418 e. The lowest BCUT2D eigenvalue weighted by molar-refractivity contribution is -0.137. The molecule has 6 heteroatoms. The van der Waals surface area contributed by atoms with E-state index < -0.39 is 17.3 Å². The highest BCUT2D eigenvalue weighted by Crippen LogP contribution is 2.33. The Balaban J connectivity index is 2.69. The minimum atomic E-state index is -4.52. The van der Waals surface area contributed by atoms with Gasteiger partial charge in [-0.25, -0.2) is 0 Å². The summed E-state index contributed by atoms with van der Waals surface area (Å²) in [7, 11) is 0. The standard InChI is InChI=1S/C12H9F3N2O/c13-12(14,15)9-3-1-2-4-10(9)17-6-5-8(16)7-11(17)18/h1-7H,16H2. The van der Waals surface area contributed by atoms with Gasteiger partial charge in [0.05, 0.1) is 11.3 Å². The molecule has 0 spiro atoms. The SMILES string of the molecule is Nc1ccn(-c2ccccc2C(F)(F)F)c(=O)c1. The van der Waals surface area contributed by atoms with Crippen molar-refractivity contribution in [3.63, 3.8) is 0 Å². The number of pyridine rings is 1. The fourth-order valence-electron chi connectivity index (χ4n) is 1.62. The molecule has 0 fully saturated rings. The van der Waals surface area contributed by atoms with Gasteiger partial charge in [-0.15, -0.1) is 0 Å². The van der Waals surface area contributed by atoms with Crippen LogP contribution in [0.25, 0.3) is 5.69 Å². The van der Waals surface area contributed by atoms with E-state index >= 15 is 0 Å². The molecule has 2 aromatic rings. The molecule has 18 heavy (non-hydrogen) atoms. The molecule has 2 rings (SSSR count). The van der Waals surface area contributed by atoms with Crippen LogP contribution >= 0.6 is 0 Å². The van der Waals surface area contributed by atoms with Crippen molar-refractivity contribution < 1.29 is 13.2 Å². The van der Waals surface area contributed by atoms with E-state index in [1.165, 1.54) is 30.5 Å². The number of aromatic nitrogens is 1. The van der Waals surface area contributed by atoms with Crippen LogP contribution in [0.4, 0.5) is 18.9 Å². The van der Waals surface area contributed by atoms with Crippen LogP contribution in [0.1, 0.15) is 5.56 Å². The Morgan fingerprint density at radius 2 is 1.78 bits per heavy atom. The fourth-order valence-corrected chi connectivity index (χ4v) is 1.62. The fraction of sp³-hybridized carbons (Fsp3) is 0.0833. The van der Waals surface area contributed by atoms with E-state index in [0.717, 1.165) is 16.7 Å². The zero-order valence-electron chi connectivity index (χ0n) is 9.11. The summed E-state index contributed by atoms with van der Waals surface area (Å²) >= 11 is 0. The van der Waals surface area contributed by atoms with Crippen molar-refractivity contribution in [2.24, 2.45) is 0 Å². The Kier molecular flexibility index (Phi) is 2.86. The minimum Gasteiger partial charge on any atom is -0.399 e. The number of hydrogen-bond acceptors (Lipinski definition) is 2. The Morgan fingerprint density at radius 1 is 1.11 bits per heavy atom. The number of nitrogens with two attached hydrogens (primary N) is 1. The minimum absolute atomic E-state index is 0.209. The van der Waals surface area contributed by atoms with Crippen molar-refractivity contribution in [1.29, 1.82) is 0 Å². The number of nitrogens with zero attached hydrogens (tertiary/aromatic N) is 1. The molecule has 0 amide bonds. The molecule has 0 bridgehead atoms. The smallest absolute Gasteiger partial charge is 0.399 e. The van der Waals surface area contributed by atoms with Gasteiger partial charge in [-0.2, -0.15) is 13.2 Å². The van der Waals surface area contributed by atoms with Gasteiger partial charge in [-0.05, 0) is 18.2 Å². The third-order valence-corrected chi connectivity index (χ3v) is 2.41. The van der Waals surface area contributed by atoms with Gasteiger partial charge < -0.3 is 5.73 Å². The molecule has 0 aliphatic carbocycles. The van der Waals surface area contributed by atoms with Crippen LogP contribution in [-0.4, -0.2) is 4.57 Å². The molecule has 1 heterocycles. The highest BCUT2D eigenvalue weighted by atomic mass is 19.4. The first-order chi connectivity index (χ1) is 8.39. The monoisotopic (exact) mass is 254 g/mol. The Morgan fingerprint density at radius 3 is 2.39 bits per heavy atom. The van der Waals surface area contributed by atoms with Crippen LogP contribution in [0.2, 0.25) is 0 Å². The molecule has 1 aromatic carbocycles.